The van der Waals surface area contributed by atoms with Crippen molar-refractivity contribution >= 4 is 23.3 Å². The molecule has 2 aliphatic rings. The molecule has 1 aromatic rings. The highest BCUT2D eigenvalue weighted by molar-refractivity contribution is 6.99. The van der Waals surface area contributed by atoms with Crippen molar-refractivity contribution in [2.75, 3.05) is 33.5 Å². The molecular weight excluding hydrogens is 494 g/mol. The second-order valence-corrected chi connectivity index (χ2v) is 12.5. The topological polar surface area (TPSA) is 61.3 Å². The summed E-state index contributed by atoms with van der Waals surface area (Å²) >= 11 is 1.22. The van der Waals surface area contributed by atoms with Gasteiger partial charge in [-0.05, 0) is 19.3 Å². The van der Waals surface area contributed by atoms with Gasteiger partial charge in [0.05, 0.1) is 37.8 Å². The molecule has 7 heteroatoms. The van der Waals surface area contributed by atoms with Gasteiger partial charge in [-0.15, -0.1) is 4.37 Å². The summed E-state index contributed by atoms with van der Waals surface area (Å²) < 4.78 is 21.8. The Morgan fingerprint density at radius 2 is 1.55 bits per heavy atom. The number of esters is 1. The lowest BCUT2D eigenvalue weighted by Gasteiger charge is -2.36. The quantitative estimate of drug-likeness (QED) is 0.167. The van der Waals surface area contributed by atoms with Crippen LogP contribution in [0.2, 0.25) is 0 Å². The molecular formula is C31H54N3O3S+. The molecule has 3 rings (SSSR count). The highest BCUT2D eigenvalue weighted by Crippen LogP contribution is 2.30. The van der Waals surface area contributed by atoms with Crippen LogP contribution in [0.1, 0.15) is 135 Å². The fourth-order valence-corrected chi connectivity index (χ4v) is 6.35. The number of carbonyl (C=O) groups excluding carboxylic acids is 1. The first-order valence-electron chi connectivity index (χ1n) is 15.8. The molecule has 216 valence electrons. The minimum absolute atomic E-state index is 0.0243. The maximum atomic E-state index is 13.2. The Morgan fingerprint density at radius 1 is 0.921 bits per heavy atom. The molecule has 6 nitrogen and oxygen atoms in total. The van der Waals surface area contributed by atoms with Crippen molar-refractivity contribution in [3.63, 3.8) is 0 Å². The number of rotatable bonds is 10. The van der Waals surface area contributed by atoms with Gasteiger partial charge in [-0.3, -0.25) is 9.28 Å². The van der Waals surface area contributed by atoms with Crippen molar-refractivity contribution < 1.29 is 18.8 Å². The number of aromatic nitrogens is 2. The van der Waals surface area contributed by atoms with Gasteiger partial charge in [0, 0.05) is 12.0 Å². The zero-order valence-corrected chi connectivity index (χ0v) is 25.2. The first-order valence-corrected chi connectivity index (χ1v) is 16.5. The summed E-state index contributed by atoms with van der Waals surface area (Å²) in [6.45, 7) is 5.09. The summed E-state index contributed by atoms with van der Waals surface area (Å²) in [5.41, 5.74) is 2.05. The van der Waals surface area contributed by atoms with Crippen molar-refractivity contribution in [3.8, 4) is 5.88 Å². The molecule has 1 aromatic heterocycles. The Kier molecular flexibility index (Phi) is 14.7. The molecule has 1 unspecified atom stereocenters. The normalized spacial score (nSPS) is 23.2. The number of carbonyl (C=O) groups is 1. The molecule has 0 saturated heterocycles. The Labute approximate surface area is 236 Å². The van der Waals surface area contributed by atoms with Gasteiger partial charge < -0.3 is 9.47 Å². The van der Waals surface area contributed by atoms with E-state index < -0.39 is 0 Å². The third-order valence-electron chi connectivity index (χ3n) is 8.32. The summed E-state index contributed by atoms with van der Waals surface area (Å²) in [6.07, 6.45) is 25.5. The SMILES string of the molecule is CCCCCCOc1nsnc1C1=CCC[N+](C)(COC(=O)C2CCCCCCCCCCCCCC2)C1. The highest BCUT2D eigenvalue weighted by atomic mass is 32.1. The van der Waals surface area contributed by atoms with Crippen LogP contribution in [0.5, 0.6) is 5.88 Å². The smallest absolute Gasteiger partial charge is 0.313 e. The van der Waals surface area contributed by atoms with Gasteiger partial charge in [-0.2, -0.15) is 4.37 Å². The molecule has 0 spiro atoms. The van der Waals surface area contributed by atoms with Crippen molar-refractivity contribution in [1.29, 1.82) is 0 Å². The van der Waals surface area contributed by atoms with Gasteiger partial charge in [-0.25, -0.2) is 0 Å². The van der Waals surface area contributed by atoms with E-state index in [1.165, 1.54) is 101 Å². The molecule has 38 heavy (non-hydrogen) atoms. The number of hydrogen-bond acceptors (Lipinski definition) is 6. The molecule has 1 aliphatic carbocycles. The zero-order valence-electron chi connectivity index (χ0n) is 24.4. The van der Waals surface area contributed by atoms with Gasteiger partial charge in [0.1, 0.15) is 12.2 Å². The van der Waals surface area contributed by atoms with Crippen LogP contribution in [0, 0.1) is 5.92 Å². The zero-order chi connectivity index (χ0) is 26.9. The van der Waals surface area contributed by atoms with Crippen LogP contribution in [-0.2, 0) is 9.53 Å². The summed E-state index contributed by atoms with van der Waals surface area (Å²) in [7, 11) is 2.20. The Bertz CT molecular complexity index is 811. The van der Waals surface area contributed by atoms with Crippen LogP contribution in [-0.4, -0.2) is 52.7 Å². The fourth-order valence-electron chi connectivity index (χ4n) is 5.82. The predicted molar refractivity (Wildman–Crippen MR) is 157 cm³/mol. The van der Waals surface area contributed by atoms with Crippen molar-refractivity contribution in [1.82, 2.24) is 8.75 Å². The third kappa shape index (κ3) is 11.3. The lowest BCUT2D eigenvalue weighted by molar-refractivity contribution is -0.919. The van der Waals surface area contributed by atoms with E-state index in [0.29, 0.717) is 23.7 Å². The van der Waals surface area contributed by atoms with E-state index in [1.807, 2.05) is 0 Å². The lowest BCUT2D eigenvalue weighted by atomic mass is 9.94. The molecule has 1 aliphatic heterocycles. The van der Waals surface area contributed by atoms with Gasteiger partial charge in [0.2, 0.25) is 6.73 Å². The first-order chi connectivity index (χ1) is 18.6. The van der Waals surface area contributed by atoms with E-state index in [9.17, 15) is 4.79 Å². The van der Waals surface area contributed by atoms with Gasteiger partial charge in [0.15, 0.2) is 0 Å². The summed E-state index contributed by atoms with van der Waals surface area (Å²) in [4.78, 5) is 13.2. The average molecular weight is 549 g/mol. The average Bonchev–Trinajstić information content (AvgIpc) is 3.38. The van der Waals surface area contributed by atoms with Gasteiger partial charge >= 0.3 is 5.97 Å². The Morgan fingerprint density at radius 3 is 2.18 bits per heavy atom. The van der Waals surface area contributed by atoms with Crippen molar-refractivity contribution in [3.05, 3.63) is 11.8 Å². The fraction of sp³-hybridized carbons (Fsp3) is 0.839. The largest absolute Gasteiger partial charge is 0.475 e. The number of quaternary nitrogens is 1. The summed E-state index contributed by atoms with van der Waals surface area (Å²) in [6, 6.07) is 0. The second-order valence-electron chi connectivity index (χ2n) is 12.0. The van der Waals surface area contributed by atoms with Crippen LogP contribution >= 0.6 is 11.7 Å². The maximum Gasteiger partial charge on any atom is 0.313 e. The summed E-state index contributed by atoms with van der Waals surface area (Å²) in [5, 5.41) is 0. The molecule has 0 bridgehead atoms. The van der Waals surface area contributed by atoms with Crippen LogP contribution in [0.3, 0.4) is 0 Å². The van der Waals surface area contributed by atoms with Gasteiger partial charge in [-0.1, -0.05) is 109 Å². The van der Waals surface area contributed by atoms with E-state index in [1.54, 1.807) is 0 Å². The van der Waals surface area contributed by atoms with Crippen LogP contribution < -0.4 is 4.74 Å². The standard InChI is InChI=1S/C31H54N3O3S/c1-3-4-5-18-24-36-30-29(32-38-33-30)28-22-19-23-34(2,25-28)26-37-31(35)27-20-16-14-12-10-8-6-7-9-11-13-15-17-21-27/h22,27H,3-21,23-26H2,1-2H3/q+1. The summed E-state index contributed by atoms with van der Waals surface area (Å²) in [5.74, 6) is 0.747. The van der Waals surface area contributed by atoms with Crippen molar-refractivity contribution in [2.45, 2.75) is 129 Å². The molecule has 0 aromatic carbocycles. The molecule has 0 amide bonds. The highest BCUT2D eigenvalue weighted by Gasteiger charge is 2.32. The number of likely N-dealkylation sites (N-methyl/N-ethyl adjacent to an activating group) is 1. The Balaban J connectivity index is 1.49. The molecule has 2 heterocycles. The predicted octanol–water partition coefficient (Wildman–Crippen LogP) is 8.32. The Hall–Kier alpha value is -1.47. The molecule has 1 atom stereocenters. The molecule has 0 radical (unpaired) electrons. The molecule has 1 fully saturated rings. The molecule has 1 saturated carbocycles. The number of hydrogen-bond donors (Lipinski definition) is 0. The van der Waals surface area contributed by atoms with Crippen molar-refractivity contribution in [2.24, 2.45) is 5.92 Å². The van der Waals surface area contributed by atoms with E-state index in [-0.39, 0.29) is 11.9 Å². The number of unbranched alkanes of at least 4 members (excludes halogenated alkanes) is 3. The minimum Gasteiger partial charge on any atom is -0.475 e. The van der Waals surface area contributed by atoms with Crippen LogP contribution in [0.15, 0.2) is 6.08 Å². The molecule has 0 N–H and O–H groups in total. The first kappa shape index (κ1) is 31.1. The van der Waals surface area contributed by atoms with E-state index in [0.717, 1.165) is 57.3 Å². The van der Waals surface area contributed by atoms with Crippen LogP contribution in [0.25, 0.3) is 5.57 Å². The number of nitrogens with zero attached hydrogens (tertiary/aromatic N) is 3. The minimum atomic E-state index is 0.0243. The lowest BCUT2D eigenvalue weighted by Crippen LogP contribution is -2.49. The van der Waals surface area contributed by atoms with E-state index >= 15 is 0 Å². The third-order valence-corrected chi connectivity index (χ3v) is 8.83. The van der Waals surface area contributed by atoms with E-state index in [4.69, 9.17) is 9.47 Å². The second kappa shape index (κ2) is 18.0. The maximum absolute atomic E-state index is 13.2. The monoisotopic (exact) mass is 548 g/mol. The number of ether oxygens (including phenoxy) is 2. The van der Waals surface area contributed by atoms with Crippen LogP contribution in [0.4, 0.5) is 0 Å². The van der Waals surface area contributed by atoms with Gasteiger partial charge in [0.25, 0.3) is 5.88 Å². The van der Waals surface area contributed by atoms with E-state index in [2.05, 4.69) is 28.8 Å².